The molecule has 0 spiro atoms. The molecule has 0 amide bonds. The lowest BCUT2D eigenvalue weighted by atomic mass is 10.1. The van der Waals surface area contributed by atoms with Crippen molar-refractivity contribution in [3.63, 3.8) is 0 Å². The Labute approximate surface area is 108 Å². The average Bonchev–Trinajstić information content (AvgIpc) is 2.77. The minimum atomic E-state index is 0.769. The van der Waals surface area contributed by atoms with Crippen molar-refractivity contribution in [1.29, 1.82) is 0 Å². The largest absolute Gasteiger partial charge is 0.624 e. The topological polar surface area (TPSA) is 26.1 Å². The third kappa shape index (κ3) is 3.49. The minimum Gasteiger partial charge on any atom is -0.624 e. The van der Waals surface area contributed by atoms with E-state index in [1.165, 1.54) is 12.6 Å². The first kappa shape index (κ1) is 12.4. The second-order valence-corrected chi connectivity index (χ2v) is 4.50. The van der Waals surface area contributed by atoms with Crippen molar-refractivity contribution in [3.8, 4) is 11.8 Å². The number of hydroxylamine groups is 1. The van der Waals surface area contributed by atoms with Crippen LogP contribution in [0.15, 0.2) is 41.5 Å². The molecule has 2 heteroatoms. The smallest absolute Gasteiger partial charge is 0.178 e. The molecule has 92 valence electrons. The number of benzene rings is 1. The number of rotatable bonds is 2. The Morgan fingerprint density at radius 2 is 2.06 bits per heavy atom. The third-order valence-electron chi connectivity index (χ3n) is 2.97. The molecule has 0 fully saturated rings. The highest BCUT2D eigenvalue weighted by Gasteiger charge is 2.13. The zero-order valence-electron chi connectivity index (χ0n) is 10.6. The summed E-state index contributed by atoms with van der Waals surface area (Å²) in [5.41, 5.74) is 3.47. The summed E-state index contributed by atoms with van der Waals surface area (Å²) in [7, 11) is 1.51. The van der Waals surface area contributed by atoms with Crippen molar-refractivity contribution in [1.82, 2.24) is 0 Å². The van der Waals surface area contributed by atoms with Gasteiger partial charge in [0.2, 0.25) is 0 Å². The Kier molecular flexibility index (Phi) is 4.20. The third-order valence-corrected chi connectivity index (χ3v) is 2.97. The fourth-order valence-electron chi connectivity index (χ4n) is 2.12. The van der Waals surface area contributed by atoms with E-state index in [0.717, 1.165) is 41.6 Å². The molecule has 0 N–H and O–H groups in total. The number of hydrogen-bond donors (Lipinski definition) is 0. The van der Waals surface area contributed by atoms with Crippen LogP contribution in [0.5, 0.6) is 0 Å². The van der Waals surface area contributed by atoms with Crippen molar-refractivity contribution in [2.24, 2.45) is 0 Å². The van der Waals surface area contributed by atoms with Gasteiger partial charge in [0, 0.05) is 17.6 Å². The van der Waals surface area contributed by atoms with Gasteiger partial charge in [0.25, 0.3) is 0 Å². The summed E-state index contributed by atoms with van der Waals surface area (Å²) in [6.07, 6.45) is 5.50. The van der Waals surface area contributed by atoms with Crippen LogP contribution in [-0.4, -0.2) is 18.0 Å². The Hall–Kier alpha value is -2.01. The Balaban J connectivity index is 2.07. The Morgan fingerprint density at radius 3 is 2.78 bits per heavy atom. The van der Waals surface area contributed by atoms with E-state index in [1.54, 1.807) is 6.21 Å². The van der Waals surface area contributed by atoms with Crippen LogP contribution in [0.4, 0.5) is 0 Å². The molecule has 2 nitrogen and oxygen atoms in total. The summed E-state index contributed by atoms with van der Waals surface area (Å²) in [6.45, 7) is 0. The molecule has 0 radical (unpaired) electrons. The molecule has 1 aromatic rings. The predicted molar refractivity (Wildman–Crippen MR) is 74.4 cm³/mol. The molecule has 0 aromatic heterocycles. The monoisotopic (exact) mass is 239 g/mol. The number of hydrogen-bond acceptors (Lipinski definition) is 1. The maximum Gasteiger partial charge on any atom is 0.178 e. The lowest BCUT2D eigenvalue weighted by Gasteiger charge is -1.96. The van der Waals surface area contributed by atoms with Gasteiger partial charge in [-0.25, -0.2) is 4.74 Å². The fraction of sp³-hybridized carbons (Fsp3) is 0.312. The van der Waals surface area contributed by atoms with Crippen LogP contribution in [0.2, 0.25) is 0 Å². The highest BCUT2D eigenvalue weighted by atomic mass is 16.5. The molecule has 1 aliphatic rings. The van der Waals surface area contributed by atoms with Crippen LogP contribution in [0.1, 0.15) is 24.8 Å². The van der Waals surface area contributed by atoms with E-state index in [9.17, 15) is 5.21 Å². The summed E-state index contributed by atoms with van der Waals surface area (Å²) in [5.74, 6) is 6.42. The van der Waals surface area contributed by atoms with E-state index in [4.69, 9.17) is 0 Å². The predicted octanol–water partition coefficient (Wildman–Crippen LogP) is 2.92. The molecule has 1 aliphatic carbocycles. The van der Waals surface area contributed by atoms with Gasteiger partial charge in [-0.15, -0.1) is 0 Å². The highest BCUT2D eigenvalue weighted by molar-refractivity contribution is 5.78. The van der Waals surface area contributed by atoms with Crippen LogP contribution in [0.3, 0.4) is 0 Å². The minimum absolute atomic E-state index is 0.769. The maximum absolute atomic E-state index is 11.0. The molecule has 0 bridgehead atoms. The van der Waals surface area contributed by atoms with Crippen molar-refractivity contribution in [2.75, 3.05) is 7.05 Å². The van der Waals surface area contributed by atoms with Crippen molar-refractivity contribution in [3.05, 3.63) is 52.2 Å². The molecule has 2 rings (SSSR count). The Bertz CT molecular complexity index is 525. The first-order valence-electron chi connectivity index (χ1n) is 6.25. The van der Waals surface area contributed by atoms with E-state index < -0.39 is 0 Å². The summed E-state index contributed by atoms with van der Waals surface area (Å²) >= 11 is 0. The van der Waals surface area contributed by atoms with Gasteiger partial charge in [-0.05, 0) is 24.8 Å². The molecule has 0 aliphatic heterocycles. The average molecular weight is 239 g/mol. The lowest BCUT2D eigenvalue weighted by molar-refractivity contribution is -0.417. The van der Waals surface area contributed by atoms with Gasteiger partial charge in [0.05, 0.1) is 0 Å². The summed E-state index contributed by atoms with van der Waals surface area (Å²) in [5, 5.41) is 11.0. The molecule has 0 unspecified atom stereocenters. The fourth-order valence-corrected chi connectivity index (χ4v) is 2.12. The quantitative estimate of drug-likeness (QED) is 0.256. The van der Waals surface area contributed by atoms with Crippen LogP contribution >= 0.6 is 0 Å². The van der Waals surface area contributed by atoms with Gasteiger partial charge in [0.1, 0.15) is 7.05 Å². The van der Waals surface area contributed by atoms with Crippen LogP contribution < -0.4 is 0 Å². The maximum atomic E-state index is 11.0. The second-order valence-electron chi connectivity index (χ2n) is 4.50. The molecule has 0 atom stereocenters. The molecular weight excluding hydrogens is 222 g/mol. The van der Waals surface area contributed by atoms with Gasteiger partial charge in [-0.3, -0.25) is 0 Å². The van der Waals surface area contributed by atoms with E-state index in [2.05, 4.69) is 24.0 Å². The SMILES string of the molecule is C/[N+]([O-])=C/C1=C(C#CCc2ccccc2)CCC1. The lowest BCUT2D eigenvalue weighted by Crippen LogP contribution is -1.98. The van der Waals surface area contributed by atoms with Gasteiger partial charge < -0.3 is 5.21 Å². The van der Waals surface area contributed by atoms with Crippen LogP contribution in [0, 0.1) is 17.0 Å². The van der Waals surface area contributed by atoms with E-state index >= 15 is 0 Å². The number of allylic oxidation sites excluding steroid dienone is 2. The van der Waals surface area contributed by atoms with Gasteiger partial charge in [-0.2, -0.15) is 0 Å². The summed E-state index contributed by atoms with van der Waals surface area (Å²) < 4.78 is 0.861. The number of nitrogens with zero attached hydrogens (tertiary/aromatic N) is 1. The van der Waals surface area contributed by atoms with Gasteiger partial charge in [-0.1, -0.05) is 42.2 Å². The molecule has 18 heavy (non-hydrogen) atoms. The highest BCUT2D eigenvalue weighted by Crippen LogP contribution is 2.23. The van der Waals surface area contributed by atoms with Crippen molar-refractivity contribution in [2.45, 2.75) is 25.7 Å². The standard InChI is InChI=1S/C16H17NO/c1-17(18)13-16-12-6-11-15(16)10-5-9-14-7-3-2-4-8-14/h2-4,7-8,13H,6,9,11-12H2,1H3/b17-13-. The van der Waals surface area contributed by atoms with E-state index in [1.807, 2.05) is 18.2 Å². The Morgan fingerprint density at radius 1 is 1.28 bits per heavy atom. The zero-order chi connectivity index (χ0) is 12.8. The molecule has 1 aromatic carbocycles. The van der Waals surface area contributed by atoms with Crippen molar-refractivity contribution >= 4 is 6.21 Å². The second kappa shape index (κ2) is 6.07. The molecule has 0 saturated carbocycles. The zero-order valence-corrected chi connectivity index (χ0v) is 10.6. The van der Waals surface area contributed by atoms with Crippen molar-refractivity contribution < 1.29 is 4.74 Å². The van der Waals surface area contributed by atoms with Gasteiger partial charge >= 0.3 is 0 Å². The molecule has 0 heterocycles. The van der Waals surface area contributed by atoms with Crippen LogP contribution in [-0.2, 0) is 6.42 Å². The molecule has 0 saturated heterocycles. The van der Waals surface area contributed by atoms with E-state index in [-0.39, 0.29) is 0 Å². The first-order chi connectivity index (χ1) is 8.75. The van der Waals surface area contributed by atoms with Gasteiger partial charge in [0.15, 0.2) is 6.21 Å². The van der Waals surface area contributed by atoms with Crippen LogP contribution in [0.25, 0.3) is 0 Å². The van der Waals surface area contributed by atoms with E-state index in [0.29, 0.717) is 0 Å². The summed E-state index contributed by atoms with van der Waals surface area (Å²) in [4.78, 5) is 0. The first-order valence-corrected chi connectivity index (χ1v) is 6.25. The summed E-state index contributed by atoms with van der Waals surface area (Å²) in [6, 6.07) is 10.2. The normalized spacial score (nSPS) is 15.5. The molecular formula is C16H17NO.